The molecular weight excluding hydrogens is 225 g/mol. The smallest absolute Gasteiger partial charge is 0.166 e. The number of alkyl halides is 3. The predicted molar refractivity (Wildman–Crippen MR) is 63.9 cm³/mol. The van der Waals surface area contributed by atoms with E-state index in [9.17, 15) is 13.2 Å². The van der Waals surface area contributed by atoms with Crippen LogP contribution in [0, 0.1) is 5.41 Å². The van der Waals surface area contributed by atoms with Crippen molar-refractivity contribution >= 4 is 0 Å². The van der Waals surface area contributed by atoms with Gasteiger partial charge >= 0.3 is 6.18 Å². The minimum Gasteiger partial charge on any atom is -0.166 e. The monoisotopic (exact) mass is 244 g/mol. The number of hydrogen-bond acceptors (Lipinski definition) is 0. The van der Waals surface area contributed by atoms with Gasteiger partial charge in [0.05, 0.1) is 5.56 Å². The number of halogens is 3. The summed E-state index contributed by atoms with van der Waals surface area (Å²) in [7, 11) is 0. The molecule has 1 rings (SSSR count). The van der Waals surface area contributed by atoms with Gasteiger partial charge in [0.25, 0.3) is 0 Å². The van der Waals surface area contributed by atoms with Crippen molar-refractivity contribution in [3.63, 3.8) is 0 Å². The Morgan fingerprint density at radius 2 is 1.06 bits per heavy atom. The van der Waals surface area contributed by atoms with E-state index in [2.05, 4.69) is 34.6 Å². The first-order chi connectivity index (χ1) is 7.46. The van der Waals surface area contributed by atoms with Gasteiger partial charge in [-0.1, -0.05) is 46.8 Å². The van der Waals surface area contributed by atoms with Crippen LogP contribution in [0.1, 0.15) is 45.7 Å². The average Bonchev–Trinajstić information content (AvgIpc) is 2.15. The van der Waals surface area contributed by atoms with Gasteiger partial charge in [0.15, 0.2) is 0 Å². The third-order valence-corrected chi connectivity index (χ3v) is 3.81. The van der Waals surface area contributed by atoms with Crippen molar-refractivity contribution in [3.05, 3.63) is 35.4 Å². The first-order valence-electron chi connectivity index (χ1n) is 5.64. The molecule has 0 bridgehead atoms. The summed E-state index contributed by atoms with van der Waals surface area (Å²) < 4.78 is 37.4. The van der Waals surface area contributed by atoms with E-state index in [1.165, 1.54) is 0 Å². The molecule has 96 valence electrons. The van der Waals surface area contributed by atoms with Crippen LogP contribution in [0.3, 0.4) is 0 Å². The molecule has 1 aromatic rings. The highest BCUT2D eigenvalue weighted by atomic mass is 19.4. The summed E-state index contributed by atoms with van der Waals surface area (Å²) >= 11 is 0. The van der Waals surface area contributed by atoms with Crippen LogP contribution in [0.2, 0.25) is 0 Å². The highest BCUT2D eigenvalue weighted by Crippen LogP contribution is 2.41. The third-order valence-electron chi connectivity index (χ3n) is 3.81. The summed E-state index contributed by atoms with van der Waals surface area (Å²) in [4.78, 5) is 0. The largest absolute Gasteiger partial charge is 0.416 e. The molecule has 0 aliphatic rings. The zero-order valence-electron chi connectivity index (χ0n) is 10.9. The van der Waals surface area contributed by atoms with Gasteiger partial charge in [-0.2, -0.15) is 13.2 Å². The van der Waals surface area contributed by atoms with Crippen LogP contribution < -0.4 is 0 Å². The quantitative estimate of drug-likeness (QED) is 0.650. The maximum absolute atomic E-state index is 12.5. The second-order valence-electron chi connectivity index (χ2n) is 5.95. The van der Waals surface area contributed by atoms with E-state index in [4.69, 9.17) is 0 Å². The Morgan fingerprint density at radius 3 is 1.35 bits per heavy atom. The molecule has 0 aliphatic heterocycles. The van der Waals surface area contributed by atoms with Crippen LogP contribution in [-0.4, -0.2) is 0 Å². The van der Waals surface area contributed by atoms with Crippen molar-refractivity contribution < 1.29 is 13.2 Å². The van der Waals surface area contributed by atoms with Gasteiger partial charge in [-0.25, -0.2) is 0 Å². The third kappa shape index (κ3) is 2.82. The molecule has 0 saturated heterocycles. The molecule has 0 fully saturated rings. The van der Waals surface area contributed by atoms with Crippen LogP contribution in [0.25, 0.3) is 0 Å². The van der Waals surface area contributed by atoms with E-state index in [1.54, 1.807) is 12.1 Å². The molecule has 0 unspecified atom stereocenters. The minimum atomic E-state index is -4.26. The van der Waals surface area contributed by atoms with E-state index >= 15 is 0 Å². The van der Waals surface area contributed by atoms with Gasteiger partial charge in [0.1, 0.15) is 0 Å². The van der Waals surface area contributed by atoms with Crippen LogP contribution >= 0.6 is 0 Å². The van der Waals surface area contributed by atoms with Gasteiger partial charge in [-0.05, 0) is 28.5 Å². The van der Waals surface area contributed by atoms with Gasteiger partial charge in [0.2, 0.25) is 0 Å². The maximum Gasteiger partial charge on any atom is 0.416 e. The molecule has 17 heavy (non-hydrogen) atoms. The average molecular weight is 244 g/mol. The van der Waals surface area contributed by atoms with Crippen molar-refractivity contribution in [2.24, 2.45) is 5.41 Å². The molecule has 1 aromatic carbocycles. The van der Waals surface area contributed by atoms with Crippen LogP contribution in [0.4, 0.5) is 13.2 Å². The predicted octanol–water partition coefficient (Wildman–Crippen LogP) is 5.03. The Labute approximate surface area is 101 Å². The summed E-state index contributed by atoms with van der Waals surface area (Å²) in [6.45, 7) is 10.4. The van der Waals surface area contributed by atoms with Gasteiger partial charge in [0, 0.05) is 0 Å². The Hall–Kier alpha value is -0.990. The summed E-state index contributed by atoms with van der Waals surface area (Å²) in [5.74, 6) is 0. The van der Waals surface area contributed by atoms with E-state index in [1.807, 2.05) is 0 Å². The van der Waals surface area contributed by atoms with E-state index < -0.39 is 11.7 Å². The molecular formula is C14H19F3. The topological polar surface area (TPSA) is 0 Å². The van der Waals surface area contributed by atoms with E-state index in [0.29, 0.717) is 0 Å². The van der Waals surface area contributed by atoms with Crippen LogP contribution in [0.5, 0.6) is 0 Å². The number of rotatable bonds is 1. The lowest BCUT2D eigenvalue weighted by molar-refractivity contribution is -0.137. The zero-order chi connectivity index (χ0) is 13.5. The van der Waals surface area contributed by atoms with Crippen LogP contribution in [0.15, 0.2) is 24.3 Å². The van der Waals surface area contributed by atoms with Gasteiger partial charge < -0.3 is 0 Å². The van der Waals surface area contributed by atoms with E-state index in [0.717, 1.165) is 17.7 Å². The molecule has 0 saturated carbocycles. The fraction of sp³-hybridized carbons (Fsp3) is 0.571. The van der Waals surface area contributed by atoms with Crippen molar-refractivity contribution in [2.75, 3.05) is 0 Å². The zero-order valence-corrected chi connectivity index (χ0v) is 10.9. The maximum atomic E-state index is 12.5. The lowest BCUT2D eigenvalue weighted by Crippen LogP contribution is -2.33. The van der Waals surface area contributed by atoms with E-state index in [-0.39, 0.29) is 10.8 Å². The Balaban J connectivity index is 3.12. The molecule has 0 aromatic heterocycles. The first-order valence-corrected chi connectivity index (χ1v) is 5.64. The highest BCUT2D eigenvalue weighted by Gasteiger charge is 2.35. The molecule has 0 nitrogen and oxygen atoms in total. The Bertz CT molecular complexity index is 377. The fourth-order valence-electron chi connectivity index (χ4n) is 1.51. The molecule has 0 heterocycles. The standard InChI is InChI=1S/C14H19F3/c1-12(2,3)13(4,5)10-6-8-11(9-7-10)14(15,16)17/h6-9H,1-5H3. The van der Waals surface area contributed by atoms with Crippen LogP contribution in [-0.2, 0) is 11.6 Å². The van der Waals surface area contributed by atoms with Crippen molar-refractivity contribution in [1.29, 1.82) is 0 Å². The number of benzene rings is 1. The fourth-order valence-corrected chi connectivity index (χ4v) is 1.51. The van der Waals surface area contributed by atoms with Gasteiger partial charge in [-0.3, -0.25) is 0 Å². The highest BCUT2D eigenvalue weighted by molar-refractivity contribution is 5.31. The normalized spacial score (nSPS) is 13.9. The molecule has 0 radical (unpaired) electrons. The van der Waals surface area contributed by atoms with Crippen molar-refractivity contribution in [3.8, 4) is 0 Å². The lowest BCUT2D eigenvalue weighted by atomic mass is 9.65. The van der Waals surface area contributed by atoms with Crippen molar-refractivity contribution in [1.82, 2.24) is 0 Å². The summed E-state index contributed by atoms with van der Waals surface area (Å²) in [5, 5.41) is 0. The molecule has 0 spiro atoms. The molecule has 0 amide bonds. The minimum absolute atomic E-state index is 0.00719. The summed E-state index contributed by atoms with van der Waals surface area (Å²) in [6, 6.07) is 5.47. The second kappa shape index (κ2) is 4.04. The molecule has 3 heteroatoms. The van der Waals surface area contributed by atoms with Gasteiger partial charge in [-0.15, -0.1) is 0 Å². The Kier molecular flexibility index (Phi) is 3.34. The lowest BCUT2D eigenvalue weighted by Gasteiger charge is -2.39. The molecule has 0 atom stereocenters. The van der Waals surface area contributed by atoms with Crippen molar-refractivity contribution in [2.45, 2.75) is 46.2 Å². The molecule has 0 aliphatic carbocycles. The number of hydrogen-bond donors (Lipinski definition) is 0. The second-order valence-corrected chi connectivity index (χ2v) is 5.95. The Morgan fingerprint density at radius 1 is 0.706 bits per heavy atom. The summed E-state index contributed by atoms with van der Waals surface area (Å²) in [6.07, 6.45) is -4.26. The summed E-state index contributed by atoms with van der Waals surface area (Å²) in [5.41, 5.74) is 0.160. The first kappa shape index (κ1) is 14.1. The molecule has 0 N–H and O–H groups in total. The SMILES string of the molecule is CC(C)(C)C(C)(C)c1ccc(C(F)(F)F)cc1.